The van der Waals surface area contributed by atoms with Gasteiger partial charge in [0, 0.05) is 17.7 Å². The first-order chi connectivity index (χ1) is 12.4. The Morgan fingerprint density at radius 2 is 1.88 bits per heavy atom. The molecule has 0 bridgehead atoms. The van der Waals surface area contributed by atoms with Gasteiger partial charge in [-0.2, -0.15) is 5.10 Å². The molecule has 0 radical (unpaired) electrons. The summed E-state index contributed by atoms with van der Waals surface area (Å²) in [5, 5.41) is 15.2. The zero-order valence-electron chi connectivity index (χ0n) is 15.1. The number of amides is 1. The molecule has 1 atom stereocenters. The maximum absolute atomic E-state index is 12.4. The van der Waals surface area contributed by atoms with Crippen LogP contribution in [0.25, 0.3) is 11.5 Å². The molecule has 0 saturated carbocycles. The Bertz CT molecular complexity index is 885. The van der Waals surface area contributed by atoms with Crippen molar-refractivity contribution in [3.05, 3.63) is 42.1 Å². The second kappa shape index (κ2) is 7.74. The van der Waals surface area contributed by atoms with E-state index in [1.54, 1.807) is 23.9 Å². The summed E-state index contributed by atoms with van der Waals surface area (Å²) in [6.45, 7) is 7.83. The lowest BCUT2D eigenvalue weighted by atomic mass is 10.1. The number of aryl methyl sites for hydroxylation is 1. The zero-order valence-corrected chi connectivity index (χ0v) is 15.9. The topological polar surface area (TPSA) is 85.8 Å². The number of carbonyl (C=O) groups excluding carboxylic acids is 1. The third-order valence-corrected chi connectivity index (χ3v) is 4.70. The van der Waals surface area contributed by atoms with Crippen LogP contribution in [0.4, 0.5) is 5.82 Å². The minimum absolute atomic E-state index is 0.146. The number of carbonyl (C=O) groups is 1. The Morgan fingerprint density at radius 1 is 1.15 bits per heavy atom. The number of benzene rings is 1. The number of nitrogens with zero attached hydrogens (tertiary/aromatic N) is 4. The predicted molar refractivity (Wildman–Crippen MR) is 101 cm³/mol. The van der Waals surface area contributed by atoms with Crippen LogP contribution in [0.3, 0.4) is 0 Å². The summed E-state index contributed by atoms with van der Waals surface area (Å²) >= 11 is 1.22. The highest BCUT2D eigenvalue weighted by Crippen LogP contribution is 2.27. The Morgan fingerprint density at radius 3 is 2.58 bits per heavy atom. The molecule has 1 N–H and O–H groups in total. The molecule has 7 nitrogen and oxygen atoms in total. The second-order valence-electron chi connectivity index (χ2n) is 6.24. The molecule has 2 aromatic heterocycles. The second-order valence-corrected chi connectivity index (χ2v) is 7.54. The van der Waals surface area contributed by atoms with Crippen molar-refractivity contribution in [2.45, 2.75) is 44.2 Å². The van der Waals surface area contributed by atoms with E-state index in [0.29, 0.717) is 16.9 Å². The van der Waals surface area contributed by atoms with E-state index >= 15 is 0 Å². The van der Waals surface area contributed by atoms with Gasteiger partial charge in [0.25, 0.3) is 5.22 Å². The van der Waals surface area contributed by atoms with E-state index in [4.69, 9.17) is 4.42 Å². The first-order valence-corrected chi connectivity index (χ1v) is 9.23. The number of anilines is 1. The number of aromatic nitrogens is 4. The molecule has 1 amide bonds. The van der Waals surface area contributed by atoms with E-state index in [1.807, 2.05) is 45.0 Å². The largest absolute Gasteiger partial charge is 0.411 e. The number of hydrogen-bond donors (Lipinski definition) is 1. The van der Waals surface area contributed by atoms with Crippen LogP contribution in [0, 0.1) is 6.92 Å². The number of rotatable bonds is 6. The van der Waals surface area contributed by atoms with E-state index in [9.17, 15) is 4.79 Å². The van der Waals surface area contributed by atoms with Gasteiger partial charge in [0.1, 0.15) is 5.82 Å². The van der Waals surface area contributed by atoms with Gasteiger partial charge in [-0.1, -0.05) is 29.5 Å². The lowest BCUT2D eigenvalue weighted by Crippen LogP contribution is -2.24. The normalized spacial score (nSPS) is 12.3. The van der Waals surface area contributed by atoms with Gasteiger partial charge in [0.2, 0.25) is 11.8 Å². The van der Waals surface area contributed by atoms with Crippen molar-refractivity contribution in [2.24, 2.45) is 0 Å². The molecule has 8 heteroatoms. The van der Waals surface area contributed by atoms with Gasteiger partial charge < -0.3 is 9.73 Å². The summed E-state index contributed by atoms with van der Waals surface area (Å²) < 4.78 is 7.43. The van der Waals surface area contributed by atoms with Crippen LogP contribution in [0.2, 0.25) is 0 Å². The van der Waals surface area contributed by atoms with Crippen LogP contribution < -0.4 is 5.32 Å². The van der Waals surface area contributed by atoms with Crippen LogP contribution in [0.1, 0.15) is 32.4 Å². The van der Waals surface area contributed by atoms with Gasteiger partial charge in [0.15, 0.2) is 0 Å². The molecule has 0 unspecified atom stereocenters. The average Bonchev–Trinajstić information content (AvgIpc) is 3.25. The van der Waals surface area contributed by atoms with Gasteiger partial charge in [-0.3, -0.25) is 4.79 Å². The Balaban J connectivity index is 1.64. The number of nitrogens with one attached hydrogen (secondary N) is 1. The van der Waals surface area contributed by atoms with E-state index < -0.39 is 5.25 Å². The maximum Gasteiger partial charge on any atom is 0.277 e. The fraction of sp³-hybridized carbons (Fsp3) is 0.333. The predicted octanol–water partition coefficient (Wildman–Crippen LogP) is 3.94. The van der Waals surface area contributed by atoms with Crippen molar-refractivity contribution in [3.63, 3.8) is 0 Å². The smallest absolute Gasteiger partial charge is 0.277 e. The average molecular weight is 371 g/mol. The Labute approximate surface area is 156 Å². The van der Waals surface area contributed by atoms with E-state index in [0.717, 1.165) is 11.1 Å². The van der Waals surface area contributed by atoms with Crippen LogP contribution in [0.15, 0.2) is 46.2 Å². The summed E-state index contributed by atoms with van der Waals surface area (Å²) in [7, 11) is 0. The van der Waals surface area contributed by atoms with Crippen molar-refractivity contribution in [3.8, 4) is 11.5 Å². The fourth-order valence-electron chi connectivity index (χ4n) is 2.33. The van der Waals surface area contributed by atoms with Crippen molar-refractivity contribution < 1.29 is 9.21 Å². The third-order valence-electron chi connectivity index (χ3n) is 3.76. The molecule has 0 aliphatic rings. The SMILES string of the molecule is Cc1ccc(-c2nnc(S[C@@H](C)C(=O)Nc3ccnn3C(C)C)o2)cc1. The van der Waals surface area contributed by atoms with Crippen LogP contribution in [-0.2, 0) is 4.79 Å². The highest BCUT2D eigenvalue weighted by atomic mass is 32.2. The molecule has 0 fully saturated rings. The monoisotopic (exact) mass is 371 g/mol. The standard InChI is InChI=1S/C18H21N5O2S/c1-11(2)23-15(9-10-19-23)20-16(24)13(4)26-18-22-21-17(25-18)14-7-5-12(3)6-8-14/h5-11,13H,1-4H3,(H,20,24)/t13-/m0/s1. The lowest BCUT2D eigenvalue weighted by molar-refractivity contribution is -0.115. The molecule has 3 aromatic rings. The van der Waals surface area contributed by atoms with E-state index in [2.05, 4.69) is 20.6 Å². The van der Waals surface area contributed by atoms with Crippen LogP contribution in [0.5, 0.6) is 0 Å². The van der Waals surface area contributed by atoms with Crippen LogP contribution in [-0.4, -0.2) is 31.1 Å². The summed E-state index contributed by atoms with van der Waals surface area (Å²) in [5.41, 5.74) is 2.02. The first-order valence-electron chi connectivity index (χ1n) is 8.35. The summed E-state index contributed by atoms with van der Waals surface area (Å²) in [6, 6.07) is 9.77. The first kappa shape index (κ1) is 18.2. The van der Waals surface area contributed by atoms with Gasteiger partial charge in [-0.05, 0) is 39.8 Å². The molecule has 0 spiro atoms. The minimum atomic E-state index is -0.392. The minimum Gasteiger partial charge on any atom is -0.411 e. The molecular weight excluding hydrogens is 350 g/mol. The quantitative estimate of drug-likeness (QED) is 0.661. The van der Waals surface area contributed by atoms with Crippen molar-refractivity contribution in [1.29, 1.82) is 0 Å². The molecule has 0 aliphatic heterocycles. The molecular formula is C18H21N5O2S. The molecule has 136 valence electrons. The van der Waals surface area contributed by atoms with Crippen molar-refractivity contribution >= 4 is 23.5 Å². The van der Waals surface area contributed by atoms with E-state index in [-0.39, 0.29) is 11.9 Å². The fourth-order valence-corrected chi connectivity index (χ4v) is 3.01. The highest BCUT2D eigenvalue weighted by Gasteiger charge is 2.20. The van der Waals surface area contributed by atoms with Crippen molar-refractivity contribution in [2.75, 3.05) is 5.32 Å². The number of thioether (sulfide) groups is 1. The Hall–Kier alpha value is -2.61. The van der Waals surface area contributed by atoms with Crippen LogP contribution >= 0.6 is 11.8 Å². The summed E-state index contributed by atoms with van der Waals surface area (Å²) in [6.07, 6.45) is 1.67. The molecule has 1 aromatic carbocycles. The summed E-state index contributed by atoms with van der Waals surface area (Å²) in [5.74, 6) is 0.966. The lowest BCUT2D eigenvalue weighted by Gasteiger charge is -2.13. The highest BCUT2D eigenvalue weighted by molar-refractivity contribution is 8.00. The third kappa shape index (κ3) is 4.13. The van der Waals surface area contributed by atoms with Crippen molar-refractivity contribution in [1.82, 2.24) is 20.0 Å². The van der Waals surface area contributed by atoms with E-state index in [1.165, 1.54) is 11.8 Å². The summed E-state index contributed by atoms with van der Waals surface area (Å²) in [4.78, 5) is 12.4. The molecule has 0 saturated heterocycles. The van der Waals surface area contributed by atoms with Gasteiger partial charge >= 0.3 is 0 Å². The van der Waals surface area contributed by atoms with Gasteiger partial charge in [0.05, 0.1) is 11.4 Å². The van der Waals surface area contributed by atoms with Gasteiger partial charge in [-0.15, -0.1) is 10.2 Å². The Kier molecular flexibility index (Phi) is 5.41. The molecule has 26 heavy (non-hydrogen) atoms. The zero-order chi connectivity index (χ0) is 18.7. The molecule has 3 rings (SSSR count). The number of hydrogen-bond acceptors (Lipinski definition) is 6. The maximum atomic E-state index is 12.4. The van der Waals surface area contributed by atoms with Gasteiger partial charge in [-0.25, -0.2) is 4.68 Å². The molecule has 2 heterocycles. The molecule has 0 aliphatic carbocycles.